The third-order valence-electron chi connectivity index (χ3n) is 6.75. The van der Waals surface area contributed by atoms with Gasteiger partial charge in [0, 0.05) is 49.1 Å². The molecule has 4 N–H and O–H groups in total. The molecule has 1 amide bonds. The zero-order chi connectivity index (χ0) is 23.8. The lowest BCUT2D eigenvalue weighted by Gasteiger charge is -2.29. The van der Waals surface area contributed by atoms with Crippen molar-refractivity contribution in [2.45, 2.75) is 50.0 Å². The summed E-state index contributed by atoms with van der Waals surface area (Å²) in [7, 11) is 1.88. The minimum Gasteiger partial charge on any atom is -0.388 e. The standard InChI is InChI=1S/C19H24F2N2O2.C6H8N2/c20-14-5-6-15(16(21)9-14)19(7-8-19)11-23-18(25)17(22)13-3-1-12(10-24)2-4-13;1-7-6-2-4-8-5-3-6/h5-6,9-10,12-13,17H,1-4,7-8,11,22H2,(H,23,25);2-5H,1H3,(H,7,8). The van der Waals surface area contributed by atoms with Crippen molar-refractivity contribution in [3.63, 3.8) is 0 Å². The highest BCUT2D eigenvalue weighted by Gasteiger charge is 2.46. The number of aromatic nitrogens is 1. The number of carbonyl (C=O) groups is 2. The number of amides is 1. The van der Waals surface area contributed by atoms with E-state index in [4.69, 9.17) is 5.73 Å². The van der Waals surface area contributed by atoms with E-state index < -0.39 is 23.1 Å². The lowest BCUT2D eigenvalue weighted by Crippen LogP contribution is -2.48. The van der Waals surface area contributed by atoms with Gasteiger partial charge in [0.15, 0.2) is 0 Å². The maximum atomic E-state index is 14.0. The summed E-state index contributed by atoms with van der Waals surface area (Å²) < 4.78 is 27.1. The van der Waals surface area contributed by atoms with E-state index >= 15 is 0 Å². The summed E-state index contributed by atoms with van der Waals surface area (Å²) in [5, 5.41) is 5.84. The normalized spacial score (nSPS) is 21.7. The van der Waals surface area contributed by atoms with Crippen LogP contribution >= 0.6 is 0 Å². The van der Waals surface area contributed by atoms with E-state index in [1.165, 1.54) is 12.1 Å². The molecule has 0 saturated heterocycles. The summed E-state index contributed by atoms with van der Waals surface area (Å²) >= 11 is 0. The maximum Gasteiger partial charge on any atom is 0.237 e. The van der Waals surface area contributed by atoms with Crippen LogP contribution < -0.4 is 16.4 Å². The zero-order valence-electron chi connectivity index (χ0n) is 18.9. The molecule has 1 aromatic heterocycles. The summed E-state index contributed by atoms with van der Waals surface area (Å²) in [5.74, 6) is -1.24. The first-order chi connectivity index (χ1) is 15.9. The van der Waals surface area contributed by atoms with Crippen molar-refractivity contribution in [1.29, 1.82) is 0 Å². The third-order valence-corrected chi connectivity index (χ3v) is 6.75. The molecule has 0 radical (unpaired) electrons. The number of halogens is 2. The topological polar surface area (TPSA) is 97.1 Å². The number of rotatable bonds is 7. The number of nitrogens with one attached hydrogen (secondary N) is 2. The van der Waals surface area contributed by atoms with E-state index in [-0.39, 0.29) is 17.7 Å². The fourth-order valence-corrected chi connectivity index (χ4v) is 4.36. The first-order valence-corrected chi connectivity index (χ1v) is 11.4. The smallest absolute Gasteiger partial charge is 0.237 e. The van der Waals surface area contributed by atoms with E-state index in [1.807, 2.05) is 19.2 Å². The van der Waals surface area contributed by atoms with Crippen LogP contribution in [-0.4, -0.2) is 36.8 Å². The zero-order valence-corrected chi connectivity index (χ0v) is 18.9. The molecule has 1 atom stereocenters. The van der Waals surface area contributed by atoms with Crippen molar-refractivity contribution in [2.24, 2.45) is 17.6 Å². The molecule has 2 saturated carbocycles. The molecule has 1 heterocycles. The van der Waals surface area contributed by atoms with Crippen molar-refractivity contribution in [1.82, 2.24) is 10.3 Å². The highest BCUT2D eigenvalue weighted by Crippen LogP contribution is 2.48. The highest BCUT2D eigenvalue weighted by atomic mass is 19.1. The highest BCUT2D eigenvalue weighted by molar-refractivity contribution is 5.82. The molecule has 4 rings (SSSR count). The Hall–Kier alpha value is -2.87. The molecule has 2 aliphatic carbocycles. The number of carbonyl (C=O) groups excluding carboxylic acids is 2. The number of hydrogen-bond donors (Lipinski definition) is 3. The van der Waals surface area contributed by atoms with E-state index in [0.29, 0.717) is 12.1 Å². The average Bonchev–Trinajstić information content (AvgIpc) is 3.63. The second-order valence-corrected chi connectivity index (χ2v) is 8.94. The fraction of sp³-hybridized carbons (Fsp3) is 0.480. The SMILES string of the molecule is CNc1ccncc1.NC(C(=O)NCC1(c2ccc(F)cc2F)CC1)C1CCC(C=O)CC1. The van der Waals surface area contributed by atoms with Crippen molar-refractivity contribution < 1.29 is 18.4 Å². The molecule has 178 valence electrons. The first kappa shape index (κ1) is 24.8. The molecule has 6 nitrogen and oxygen atoms in total. The lowest BCUT2D eigenvalue weighted by atomic mass is 9.79. The van der Waals surface area contributed by atoms with Gasteiger partial charge in [0.1, 0.15) is 17.9 Å². The van der Waals surface area contributed by atoms with Gasteiger partial charge in [-0.15, -0.1) is 0 Å². The summed E-state index contributed by atoms with van der Waals surface area (Å²) in [6.45, 7) is 0.311. The second kappa shape index (κ2) is 11.3. The average molecular weight is 459 g/mol. The van der Waals surface area contributed by atoms with Gasteiger partial charge < -0.3 is 21.2 Å². The molecule has 8 heteroatoms. The van der Waals surface area contributed by atoms with Gasteiger partial charge >= 0.3 is 0 Å². The van der Waals surface area contributed by atoms with E-state index in [9.17, 15) is 18.4 Å². The van der Waals surface area contributed by atoms with Gasteiger partial charge in [0.05, 0.1) is 6.04 Å². The van der Waals surface area contributed by atoms with Gasteiger partial charge in [-0.2, -0.15) is 0 Å². The largest absolute Gasteiger partial charge is 0.388 e. The van der Waals surface area contributed by atoms with Crippen LogP contribution in [-0.2, 0) is 15.0 Å². The maximum absolute atomic E-state index is 14.0. The van der Waals surface area contributed by atoms with Crippen LogP contribution in [0.2, 0.25) is 0 Å². The van der Waals surface area contributed by atoms with Crippen LogP contribution in [0.3, 0.4) is 0 Å². The van der Waals surface area contributed by atoms with Gasteiger partial charge in [-0.25, -0.2) is 8.78 Å². The van der Waals surface area contributed by atoms with Crippen LogP contribution in [0.5, 0.6) is 0 Å². The molecule has 1 unspecified atom stereocenters. The van der Waals surface area contributed by atoms with Gasteiger partial charge in [-0.3, -0.25) is 9.78 Å². The van der Waals surface area contributed by atoms with Gasteiger partial charge in [-0.05, 0) is 68.2 Å². The molecular weight excluding hydrogens is 426 g/mol. The predicted molar refractivity (Wildman–Crippen MR) is 124 cm³/mol. The Morgan fingerprint density at radius 2 is 1.85 bits per heavy atom. The lowest BCUT2D eigenvalue weighted by molar-refractivity contribution is -0.124. The molecular formula is C25H32F2N4O2. The number of nitrogens with two attached hydrogens (primary N) is 1. The van der Waals surface area contributed by atoms with Crippen LogP contribution in [0.4, 0.5) is 14.5 Å². The van der Waals surface area contributed by atoms with Crippen molar-refractivity contribution >= 4 is 17.9 Å². The molecule has 33 heavy (non-hydrogen) atoms. The van der Waals surface area contributed by atoms with Gasteiger partial charge in [0.2, 0.25) is 5.91 Å². The third kappa shape index (κ3) is 6.57. The van der Waals surface area contributed by atoms with Crippen LogP contribution in [0.1, 0.15) is 44.1 Å². The number of benzene rings is 1. The summed E-state index contributed by atoms with van der Waals surface area (Å²) in [4.78, 5) is 27.0. The summed E-state index contributed by atoms with van der Waals surface area (Å²) in [5.41, 5.74) is 7.20. The second-order valence-electron chi connectivity index (χ2n) is 8.94. The Kier molecular flexibility index (Phi) is 8.49. The first-order valence-electron chi connectivity index (χ1n) is 11.4. The number of nitrogens with zero attached hydrogens (tertiary/aromatic N) is 1. The molecule has 0 spiro atoms. The minimum atomic E-state index is -0.610. The van der Waals surface area contributed by atoms with Crippen molar-refractivity contribution in [3.8, 4) is 0 Å². The van der Waals surface area contributed by atoms with Crippen LogP contribution in [0, 0.1) is 23.5 Å². The Labute approximate surface area is 193 Å². The van der Waals surface area contributed by atoms with Crippen LogP contribution in [0.25, 0.3) is 0 Å². The Bertz CT molecular complexity index is 929. The molecule has 0 bridgehead atoms. The molecule has 2 aliphatic rings. The van der Waals surface area contributed by atoms with Gasteiger partial charge in [0.25, 0.3) is 0 Å². The molecule has 0 aliphatic heterocycles. The van der Waals surface area contributed by atoms with Crippen molar-refractivity contribution in [2.75, 3.05) is 18.9 Å². The monoisotopic (exact) mass is 458 g/mol. The van der Waals surface area contributed by atoms with E-state index in [0.717, 1.165) is 56.6 Å². The Morgan fingerprint density at radius 1 is 1.18 bits per heavy atom. The number of anilines is 1. The number of hydrogen-bond acceptors (Lipinski definition) is 5. The predicted octanol–water partition coefficient (Wildman–Crippen LogP) is 3.57. The Balaban J connectivity index is 0.000000323. The Morgan fingerprint density at radius 3 is 2.36 bits per heavy atom. The van der Waals surface area contributed by atoms with Gasteiger partial charge in [-0.1, -0.05) is 6.07 Å². The molecule has 2 aromatic rings. The molecule has 2 fully saturated rings. The molecule has 1 aromatic carbocycles. The summed E-state index contributed by atoms with van der Waals surface area (Å²) in [6.07, 6.45) is 9.11. The van der Waals surface area contributed by atoms with Crippen molar-refractivity contribution in [3.05, 3.63) is 59.9 Å². The number of aldehydes is 1. The fourth-order valence-electron chi connectivity index (χ4n) is 4.36. The quantitative estimate of drug-likeness (QED) is 0.551. The minimum absolute atomic E-state index is 0.0777. The van der Waals surface area contributed by atoms with E-state index in [1.54, 1.807) is 12.4 Å². The summed E-state index contributed by atoms with van der Waals surface area (Å²) in [6, 6.07) is 6.82. The van der Waals surface area contributed by atoms with Crippen LogP contribution in [0.15, 0.2) is 42.7 Å². The number of pyridine rings is 1. The van der Waals surface area contributed by atoms with E-state index in [2.05, 4.69) is 15.6 Å².